The highest BCUT2D eigenvalue weighted by Crippen LogP contribution is 2.29. The second kappa shape index (κ2) is 5.93. The minimum atomic E-state index is -0.157. The first-order chi connectivity index (χ1) is 8.59. The van der Waals surface area contributed by atoms with Crippen molar-refractivity contribution < 1.29 is 4.39 Å². The average molecular weight is 268 g/mol. The monoisotopic (exact) mass is 268 g/mol. The lowest BCUT2D eigenvalue weighted by atomic mass is 10.0. The van der Waals surface area contributed by atoms with Crippen LogP contribution in [0.15, 0.2) is 12.1 Å². The number of thioether (sulfide) groups is 1. The van der Waals surface area contributed by atoms with Gasteiger partial charge in [0.05, 0.1) is 0 Å². The maximum absolute atomic E-state index is 13.7. The van der Waals surface area contributed by atoms with Crippen molar-refractivity contribution in [2.24, 2.45) is 5.73 Å². The number of nitrogens with zero attached hydrogens (tertiary/aromatic N) is 1. The van der Waals surface area contributed by atoms with Crippen molar-refractivity contribution in [1.82, 2.24) is 0 Å². The maximum atomic E-state index is 13.7. The van der Waals surface area contributed by atoms with Crippen LogP contribution in [0.5, 0.6) is 0 Å². The van der Waals surface area contributed by atoms with E-state index in [2.05, 4.69) is 4.90 Å². The van der Waals surface area contributed by atoms with Gasteiger partial charge in [-0.3, -0.25) is 0 Å². The summed E-state index contributed by atoms with van der Waals surface area (Å²) in [7, 11) is 0. The van der Waals surface area contributed by atoms with E-state index < -0.39 is 0 Å². The molecule has 0 spiro atoms. The van der Waals surface area contributed by atoms with Crippen LogP contribution >= 0.6 is 11.8 Å². The topological polar surface area (TPSA) is 29.3 Å². The molecule has 100 valence electrons. The number of benzene rings is 1. The fourth-order valence-corrected chi connectivity index (χ4v) is 3.19. The number of nitrogens with two attached hydrogens (primary N) is 1. The second-order valence-electron chi connectivity index (χ2n) is 4.90. The van der Waals surface area contributed by atoms with E-state index in [1.807, 2.05) is 31.7 Å². The molecule has 1 saturated heterocycles. The van der Waals surface area contributed by atoms with Crippen molar-refractivity contribution >= 4 is 17.4 Å². The third kappa shape index (κ3) is 2.98. The van der Waals surface area contributed by atoms with E-state index in [9.17, 15) is 4.39 Å². The maximum Gasteiger partial charge on any atom is 0.126 e. The van der Waals surface area contributed by atoms with Crippen molar-refractivity contribution in [3.63, 3.8) is 0 Å². The van der Waals surface area contributed by atoms with Crippen LogP contribution in [0, 0.1) is 12.7 Å². The Bertz CT molecular complexity index is 413. The van der Waals surface area contributed by atoms with Crippen molar-refractivity contribution in [3.05, 3.63) is 29.1 Å². The number of hydrogen-bond acceptors (Lipinski definition) is 3. The lowest BCUT2D eigenvalue weighted by Crippen LogP contribution is -2.28. The molecule has 1 aromatic carbocycles. The highest BCUT2D eigenvalue weighted by atomic mass is 32.2. The Kier molecular flexibility index (Phi) is 4.51. The molecule has 1 heterocycles. The molecule has 0 aromatic heterocycles. The van der Waals surface area contributed by atoms with Gasteiger partial charge in [-0.05, 0) is 49.3 Å². The van der Waals surface area contributed by atoms with Gasteiger partial charge in [0.2, 0.25) is 0 Å². The fraction of sp³-hybridized carbons (Fsp3) is 0.571. The molecule has 2 N–H and O–H groups in total. The summed E-state index contributed by atoms with van der Waals surface area (Å²) in [5.74, 6) is 2.19. The molecule has 1 aliphatic rings. The summed E-state index contributed by atoms with van der Waals surface area (Å²) in [6, 6.07) is 3.42. The predicted molar refractivity (Wildman–Crippen MR) is 77.9 cm³/mol. The predicted octanol–water partition coefficient (Wildman–Crippen LogP) is 3.10. The van der Waals surface area contributed by atoms with Crippen LogP contribution in [-0.2, 0) is 0 Å². The SMILES string of the molecule is Cc1cc(N2CCCSCC2)c(C(C)N)cc1F. The van der Waals surface area contributed by atoms with Gasteiger partial charge in [-0.15, -0.1) is 0 Å². The first-order valence-electron chi connectivity index (χ1n) is 6.48. The molecule has 1 aromatic rings. The van der Waals surface area contributed by atoms with E-state index in [-0.39, 0.29) is 11.9 Å². The lowest BCUT2D eigenvalue weighted by molar-refractivity contribution is 0.612. The highest BCUT2D eigenvalue weighted by Gasteiger charge is 2.17. The molecular weight excluding hydrogens is 247 g/mol. The summed E-state index contributed by atoms with van der Waals surface area (Å²) in [6.07, 6.45) is 1.18. The van der Waals surface area contributed by atoms with Gasteiger partial charge in [0.15, 0.2) is 0 Å². The van der Waals surface area contributed by atoms with Gasteiger partial charge in [0.1, 0.15) is 5.82 Å². The Hall–Kier alpha value is -0.740. The molecule has 1 fully saturated rings. The summed E-state index contributed by atoms with van der Waals surface area (Å²) in [6.45, 7) is 5.80. The Morgan fingerprint density at radius 2 is 2.11 bits per heavy atom. The van der Waals surface area contributed by atoms with E-state index in [1.165, 1.54) is 12.2 Å². The fourth-order valence-electron chi connectivity index (χ4n) is 2.31. The van der Waals surface area contributed by atoms with E-state index in [0.717, 1.165) is 30.1 Å². The molecule has 1 unspecified atom stereocenters. The third-order valence-corrected chi connectivity index (χ3v) is 4.41. The molecule has 1 aliphatic heterocycles. The van der Waals surface area contributed by atoms with E-state index in [1.54, 1.807) is 6.07 Å². The Morgan fingerprint density at radius 1 is 1.33 bits per heavy atom. The van der Waals surface area contributed by atoms with E-state index in [4.69, 9.17) is 5.73 Å². The Morgan fingerprint density at radius 3 is 2.83 bits per heavy atom. The van der Waals surface area contributed by atoms with Crippen LogP contribution in [0.4, 0.5) is 10.1 Å². The first kappa shape index (κ1) is 13.7. The van der Waals surface area contributed by atoms with E-state index >= 15 is 0 Å². The number of rotatable bonds is 2. The average Bonchev–Trinajstić information content (AvgIpc) is 2.60. The number of aryl methyl sites for hydroxylation is 1. The molecule has 0 bridgehead atoms. The quantitative estimate of drug-likeness (QED) is 0.893. The lowest BCUT2D eigenvalue weighted by Gasteiger charge is -2.27. The normalized spacial score (nSPS) is 18.6. The van der Waals surface area contributed by atoms with Gasteiger partial charge in [0, 0.05) is 30.6 Å². The zero-order valence-corrected chi connectivity index (χ0v) is 11.9. The summed E-state index contributed by atoms with van der Waals surface area (Å²) in [5, 5.41) is 0. The first-order valence-corrected chi connectivity index (χ1v) is 7.63. The van der Waals surface area contributed by atoms with Crippen molar-refractivity contribution in [2.75, 3.05) is 29.5 Å². The molecule has 0 radical (unpaired) electrons. The summed E-state index contributed by atoms with van der Waals surface area (Å²) >= 11 is 1.99. The number of halogens is 1. The molecule has 4 heteroatoms. The van der Waals surface area contributed by atoms with Gasteiger partial charge in [-0.1, -0.05) is 0 Å². The van der Waals surface area contributed by atoms with Gasteiger partial charge in [0.25, 0.3) is 0 Å². The standard InChI is InChI=1S/C14H21FN2S/c1-10-8-14(12(11(2)16)9-13(10)15)17-4-3-6-18-7-5-17/h8-9,11H,3-7,16H2,1-2H3. The highest BCUT2D eigenvalue weighted by molar-refractivity contribution is 7.99. The molecule has 0 saturated carbocycles. The molecule has 2 nitrogen and oxygen atoms in total. The van der Waals surface area contributed by atoms with Crippen molar-refractivity contribution in [2.45, 2.75) is 26.3 Å². The zero-order valence-electron chi connectivity index (χ0n) is 11.1. The Balaban J connectivity index is 2.37. The largest absolute Gasteiger partial charge is 0.370 e. The van der Waals surface area contributed by atoms with Crippen LogP contribution < -0.4 is 10.6 Å². The molecule has 0 aliphatic carbocycles. The molecule has 2 rings (SSSR count). The van der Waals surface area contributed by atoms with Crippen LogP contribution in [0.25, 0.3) is 0 Å². The van der Waals surface area contributed by atoms with Gasteiger partial charge in [-0.25, -0.2) is 4.39 Å². The summed E-state index contributed by atoms with van der Waals surface area (Å²) < 4.78 is 13.7. The van der Waals surface area contributed by atoms with Gasteiger partial charge < -0.3 is 10.6 Å². The van der Waals surface area contributed by atoms with Crippen LogP contribution in [-0.4, -0.2) is 24.6 Å². The van der Waals surface area contributed by atoms with Crippen LogP contribution in [0.1, 0.15) is 30.5 Å². The summed E-state index contributed by atoms with van der Waals surface area (Å²) in [5.41, 5.74) is 8.72. The second-order valence-corrected chi connectivity index (χ2v) is 6.13. The minimum Gasteiger partial charge on any atom is -0.370 e. The van der Waals surface area contributed by atoms with Crippen LogP contribution in [0.3, 0.4) is 0 Å². The number of anilines is 1. The smallest absolute Gasteiger partial charge is 0.126 e. The van der Waals surface area contributed by atoms with Gasteiger partial charge >= 0.3 is 0 Å². The Labute approximate surface area is 113 Å². The minimum absolute atomic E-state index is 0.133. The third-order valence-electron chi connectivity index (χ3n) is 3.36. The van der Waals surface area contributed by atoms with E-state index in [0.29, 0.717) is 5.56 Å². The number of hydrogen-bond donors (Lipinski definition) is 1. The molecule has 0 amide bonds. The zero-order chi connectivity index (χ0) is 13.1. The van der Waals surface area contributed by atoms with Crippen molar-refractivity contribution in [3.8, 4) is 0 Å². The van der Waals surface area contributed by atoms with Crippen LogP contribution in [0.2, 0.25) is 0 Å². The van der Waals surface area contributed by atoms with Crippen molar-refractivity contribution in [1.29, 1.82) is 0 Å². The molecule has 1 atom stereocenters. The summed E-state index contributed by atoms with van der Waals surface area (Å²) in [4.78, 5) is 2.35. The molecular formula is C14H21FN2S. The molecule has 18 heavy (non-hydrogen) atoms. The van der Waals surface area contributed by atoms with Gasteiger partial charge in [-0.2, -0.15) is 11.8 Å².